The van der Waals surface area contributed by atoms with E-state index in [4.69, 9.17) is 0 Å². The van der Waals surface area contributed by atoms with E-state index in [-0.39, 0.29) is 36.3 Å². The number of nitrogens with zero attached hydrogens (tertiary/aromatic N) is 6. The van der Waals surface area contributed by atoms with Crippen molar-refractivity contribution < 1.29 is 31.2 Å². The summed E-state index contributed by atoms with van der Waals surface area (Å²) in [7, 11) is -3.48. The van der Waals surface area contributed by atoms with Gasteiger partial charge in [0.1, 0.15) is 17.2 Å². The van der Waals surface area contributed by atoms with Crippen LogP contribution in [0.2, 0.25) is 0 Å². The molecule has 2 aromatic heterocycles. The van der Waals surface area contributed by atoms with Gasteiger partial charge in [-0.25, -0.2) is 23.2 Å². The number of nitrogens with one attached hydrogen (secondary N) is 3. The Kier molecular flexibility index (Phi) is 9.88. The minimum absolute atomic E-state index is 0.0413. The monoisotopic (exact) mass is 709 g/mol. The first-order chi connectivity index (χ1) is 23.8. The summed E-state index contributed by atoms with van der Waals surface area (Å²) in [4.78, 5) is 42.1. The van der Waals surface area contributed by atoms with Crippen LogP contribution in [0.25, 0.3) is 0 Å². The molecule has 2 aliphatic rings. The SMILES string of the molecule is CS(=O)(=O)c1cccc(CNc2nc(Nc3ccc(N4CCN(Cc5ccnc(N6CCC(=O)NC6=O)c5)CC4)cc3)ncc2C(F)(F)F)c1. The molecule has 2 aliphatic heterocycles. The molecule has 6 rings (SSSR count). The normalized spacial score (nSPS) is 15.9. The summed E-state index contributed by atoms with van der Waals surface area (Å²) in [6.07, 6.45) is -1.06. The lowest BCUT2D eigenvalue weighted by Crippen LogP contribution is -2.50. The number of carbonyl (C=O) groups is 2. The summed E-state index contributed by atoms with van der Waals surface area (Å²) in [6.45, 7) is 4.01. The molecule has 50 heavy (non-hydrogen) atoms. The number of alkyl halides is 3. The number of carbonyl (C=O) groups excluding carboxylic acids is 2. The quantitative estimate of drug-likeness (QED) is 0.215. The van der Waals surface area contributed by atoms with Gasteiger partial charge in [-0.15, -0.1) is 0 Å². The van der Waals surface area contributed by atoms with Crippen LogP contribution in [0.3, 0.4) is 0 Å². The fraction of sp³-hybridized carbons (Fsp3) is 0.303. The van der Waals surface area contributed by atoms with Crippen molar-refractivity contribution >= 4 is 50.7 Å². The van der Waals surface area contributed by atoms with Crippen LogP contribution in [0.5, 0.6) is 0 Å². The van der Waals surface area contributed by atoms with E-state index < -0.39 is 33.4 Å². The number of benzene rings is 2. The van der Waals surface area contributed by atoms with Crippen LogP contribution in [0.4, 0.5) is 46.9 Å². The number of anilines is 5. The van der Waals surface area contributed by atoms with Crippen molar-refractivity contribution in [3.63, 3.8) is 0 Å². The number of hydrogen-bond acceptors (Lipinski definition) is 11. The predicted molar refractivity (Wildman–Crippen MR) is 181 cm³/mol. The molecule has 3 N–H and O–H groups in total. The zero-order chi connectivity index (χ0) is 35.5. The van der Waals surface area contributed by atoms with Gasteiger partial charge in [-0.05, 0) is 59.7 Å². The highest BCUT2D eigenvalue weighted by atomic mass is 32.2. The van der Waals surface area contributed by atoms with Crippen molar-refractivity contribution in [2.75, 3.05) is 59.4 Å². The van der Waals surface area contributed by atoms with Crippen LogP contribution < -0.4 is 25.8 Å². The predicted octanol–water partition coefficient (Wildman–Crippen LogP) is 4.42. The Bertz CT molecular complexity index is 1990. The molecule has 262 valence electrons. The third kappa shape index (κ3) is 8.46. The second-order valence-electron chi connectivity index (χ2n) is 11.9. The van der Waals surface area contributed by atoms with Crippen LogP contribution in [-0.2, 0) is 33.9 Å². The second kappa shape index (κ2) is 14.3. The number of hydrogen-bond donors (Lipinski definition) is 3. The van der Waals surface area contributed by atoms with Crippen molar-refractivity contribution in [2.24, 2.45) is 0 Å². The Morgan fingerprint density at radius 2 is 1.68 bits per heavy atom. The third-order valence-corrected chi connectivity index (χ3v) is 9.40. The summed E-state index contributed by atoms with van der Waals surface area (Å²) >= 11 is 0. The molecular weight excluding hydrogens is 675 g/mol. The van der Waals surface area contributed by atoms with Crippen LogP contribution in [-0.4, -0.2) is 79.2 Å². The molecule has 0 spiro atoms. The molecule has 0 saturated carbocycles. The van der Waals surface area contributed by atoms with E-state index >= 15 is 0 Å². The molecule has 2 saturated heterocycles. The van der Waals surface area contributed by atoms with Gasteiger partial charge in [0.05, 0.1) is 4.90 Å². The number of sulfone groups is 1. The lowest BCUT2D eigenvalue weighted by Gasteiger charge is -2.36. The molecular formula is C33H34F3N9O4S. The Balaban J connectivity index is 1.05. The number of piperazine rings is 1. The van der Waals surface area contributed by atoms with Gasteiger partial charge in [-0.1, -0.05) is 12.1 Å². The summed E-state index contributed by atoms with van der Waals surface area (Å²) in [6, 6.07) is 16.7. The number of imide groups is 1. The average molecular weight is 710 g/mol. The highest BCUT2D eigenvalue weighted by molar-refractivity contribution is 7.90. The van der Waals surface area contributed by atoms with E-state index in [1.54, 1.807) is 24.4 Å². The number of halogens is 3. The van der Waals surface area contributed by atoms with Crippen LogP contribution >= 0.6 is 0 Å². The molecule has 0 aliphatic carbocycles. The van der Waals surface area contributed by atoms with Gasteiger partial charge < -0.3 is 15.5 Å². The van der Waals surface area contributed by atoms with Gasteiger partial charge in [0, 0.05) is 82.3 Å². The number of amides is 3. The van der Waals surface area contributed by atoms with E-state index in [1.165, 1.54) is 23.1 Å². The number of urea groups is 1. The molecule has 2 aromatic carbocycles. The Hall–Kier alpha value is -5.29. The van der Waals surface area contributed by atoms with E-state index in [0.29, 0.717) is 29.8 Å². The van der Waals surface area contributed by atoms with Gasteiger partial charge in [0.2, 0.25) is 11.9 Å². The largest absolute Gasteiger partial charge is 0.421 e. The first-order valence-electron chi connectivity index (χ1n) is 15.7. The maximum atomic E-state index is 13.8. The Morgan fingerprint density at radius 3 is 2.38 bits per heavy atom. The summed E-state index contributed by atoms with van der Waals surface area (Å²) < 4.78 is 65.1. The van der Waals surface area contributed by atoms with Crippen molar-refractivity contribution in [3.05, 3.63) is 89.7 Å². The smallest absolute Gasteiger partial charge is 0.369 e. The van der Waals surface area contributed by atoms with Crippen molar-refractivity contribution in [2.45, 2.75) is 30.6 Å². The lowest BCUT2D eigenvalue weighted by molar-refractivity contribution is -0.137. The molecule has 0 atom stereocenters. The number of pyridine rings is 1. The molecule has 0 radical (unpaired) electrons. The average Bonchev–Trinajstić information content (AvgIpc) is 3.07. The molecule has 4 heterocycles. The number of rotatable bonds is 10. The molecule has 4 aromatic rings. The van der Waals surface area contributed by atoms with Crippen molar-refractivity contribution in [1.29, 1.82) is 0 Å². The maximum Gasteiger partial charge on any atom is 0.421 e. The molecule has 2 fully saturated rings. The molecule has 17 heteroatoms. The Morgan fingerprint density at radius 1 is 0.920 bits per heavy atom. The summed E-state index contributed by atoms with van der Waals surface area (Å²) in [5, 5.41) is 7.96. The maximum absolute atomic E-state index is 13.8. The summed E-state index contributed by atoms with van der Waals surface area (Å²) in [5.41, 5.74) is 2.00. The number of aromatic nitrogens is 3. The van der Waals surface area contributed by atoms with E-state index in [1.807, 2.05) is 24.3 Å². The minimum atomic E-state index is -4.71. The zero-order valence-corrected chi connectivity index (χ0v) is 27.8. The minimum Gasteiger partial charge on any atom is -0.369 e. The van der Waals surface area contributed by atoms with E-state index in [9.17, 15) is 31.2 Å². The highest BCUT2D eigenvalue weighted by Gasteiger charge is 2.35. The van der Waals surface area contributed by atoms with Crippen LogP contribution in [0, 0.1) is 0 Å². The fourth-order valence-electron chi connectivity index (χ4n) is 5.65. The third-order valence-electron chi connectivity index (χ3n) is 8.29. The van der Waals surface area contributed by atoms with E-state index in [0.717, 1.165) is 43.7 Å². The molecule has 13 nitrogen and oxygen atoms in total. The van der Waals surface area contributed by atoms with Gasteiger partial charge in [0.25, 0.3) is 0 Å². The lowest BCUT2D eigenvalue weighted by atomic mass is 10.2. The van der Waals surface area contributed by atoms with Gasteiger partial charge in [-0.3, -0.25) is 19.9 Å². The fourth-order valence-corrected chi connectivity index (χ4v) is 6.34. The Labute approximate surface area is 286 Å². The van der Waals surface area contributed by atoms with Crippen molar-refractivity contribution in [3.8, 4) is 0 Å². The first kappa shape index (κ1) is 34.6. The van der Waals surface area contributed by atoms with Crippen LogP contribution in [0.15, 0.2) is 78.0 Å². The van der Waals surface area contributed by atoms with Crippen LogP contribution in [0.1, 0.15) is 23.1 Å². The standard InChI is InChI=1S/C33H34F3N9O4S/c1-50(48,49)26-4-2-3-22(17-26)19-38-30-27(33(34,35)36)20-39-31(42-30)40-24-5-7-25(8-6-24)44-15-13-43(14-16-44)21-23-9-11-37-28(18-23)45-12-10-29(46)41-32(45)47/h2-9,11,17-18,20H,10,12-16,19,21H2,1H3,(H,41,46,47)(H2,38,39,40,42). The van der Waals surface area contributed by atoms with Gasteiger partial charge in [0.15, 0.2) is 9.84 Å². The van der Waals surface area contributed by atoms with Gasteiger partial charge in [-0.2, -0.15) is 18.2 Å². The molecule has 0 unspecified atom stereocenters. The molecule has 0 bridgehead atoms. The zero-order valence-electron chi connectivity index (χ0n) is 26.9. The highest BCUT2D eigenvalue weighted by Crippen LogP contribution is 2.34. The molecule has 3 amide bonds. The summed E-state index contributed by atoms with van der Waals surface area (Å²) in [5.74, 6) is -0.270. The van der Waals surface area contributed by atoms with E-state index in [2.05, 4.69) is 40.7 Å². The topological polar surface area (TPSA) is 153 Å². The van der Waals surface area contributed by atoms with Gasteiger partial charge >= 0.3 is 12.2 Å². The first-order valence-corrected chi connectivity index (χ1v) is 17.6. The van der Waals surface area contributed by atoms with Crippen molar-refractivity contribution in [1.82, 2.24) is 25.2 Å². The second-order valence-corrected chi connectivity index (χ2v) is 14.0.